The van der Waals surface area contributed by atoms with E-state index >= 15 is 0 Å². The van der Waals surface area contributed by atoms with Crippen molar-refractivity contribution in [1.29, 1.82) is 5.26 Å². The summed E-state index contributed by atoms with van der Waals surface area (Å²) >= 11 is 0. The summed E-state index contributed by atoms with van der Waals surface area (Å²) in [6.07, 6.45) is 0.961. The van der Waals surface area contributed by atoms with Crippen LogP contribution in [-0.2, 0) is 12.8 Å². The van der Waals surface area contributed by atoms with Gasteiger partial charge in [-0.2, -0.15) is 10.2 Å². The van der Waals surface area contributed by atoms with Crippen LogP contribution in [0.15, 0.2) is 4.52 Å². The molecule has 0 N–H and O–H groups in total. The fourth-order valence-corrected chi connectivity index (χ4v) is 2.05. The molecule has 1 aliphatic rings. The number of piperazine rings is 1. The molecule has 2 rings (SSSR count). The van der Waals surface area contributed by atoms with E-state index in [-0.39, 0.29) is 6.42 Å². The number of nitriles is 1. The molecule has 1 saturated heterocycles. The second kappa shape index (κ2) is 5.25. The summed E-state index contributed by atoms with van der Waals surface area (Å²) in [4.78, 5) is 8.83. The van der Waals surface area contributed by atoms with E-state index in [1.54, 1.807) is 0 Å². The third kappa shape index (κ3) is 3.02. The van der Waals surface area contributed by atoms with Crippen molar-refractivity contribution in [3.05, 3.63) is 11.7 Å². The van der Waals surface area contributed by atoms with Crippen LogP contribution in [-0.4, -0.2) is 59.7 Å². The number of hydrogen-bond donors (Lipinski definition) is 0. The molecule has 0 aromatic carbocycles. The van der Waals surface area contributed by atoms with Crippen molar-refractivity contribution in [2.75, 3.05) is 33.7 Å². The van der Waals surface area contributed by atoms with E-state index in [2.05, 4.69) is 34.0 Å². The maximum atomic E-state index is 8.53. The quantitative estimate of drug-likeness (QED) is 0.730. The molecule has 6 nitrogen and oxygen atoms in total. The van der Waals surface area contributed by atoms with Crippen LogP contribution in [0.5, 0.6) is 0 Å². The highest BCUT2D eigenvalue weighted by Gasteiger charge is 2.24. The van der Waals surface area contributed by atoms with Gasteiger partial charge in [0.1, 0.15) is 6.42 Å². The summed E-state index contributed by atoms with van der Waals surface area (Å²) < 4.78 is 4.99. The number of aromatic nitrogens is 2. The number of hydrogen-bond acceptors (Lipinski definition) is 6. The predicted octanol–water partition coefficient (Wildman–Crippen LogP) is -0.0760. The van der Waals surface area contributed by atoms with Crippen molar-refractivity contribution in [3.8, 4) is 6.07 Å². The van der Waals surface area contributed by atoms with Gasteiger partial charge in [0.05, 0.1) is 6.07 Å². The lowest BCUT2D eigenvalue weighted by atomic mass is 10.1. The average Bonchev–Trinajstić information content (AvgIpc) is 2.72. The second-order valence-electron chi connectivity index (χ2n) is 4.54. The standard InChI is InChI=1S/C11H17N5O/c1-15-5-6-16(2)9(8-15)7-10-13-11(3-4-12)17-14-10/h9H,3,5-8H2,1-2H3. The molecule has 0 spiro atoms. The minimum atomic E-state index is 0.188. The van der Waals surface area contributed by atoms with Crippen molar-refractivity contribution in [2.45, 2.75) is 18.9 Å². The van der Waals surface area contributed by atoms with E-state index in [9.17, 15) is 0 Å². The van der Waals surface area contributed by atoms with Crippen molar-refractivity contribution in [1.82, 2.24) is 19.9 Å². The van der Waals surface area contributed by atoms with Crippen LogP contribution >= 0.6 is 0 Å². The minimum absolute atomic E-state index is 0.188. The maximum absolute atomic E-state index is 8.53. The molecule has 0 amide bonds. The van der Waals surface area contributed by atoms with Gasteiger partial charge >= 0.3 is 0 Å². The summed E-state index contributed by atoms with van der Waals surface area (Å²) in [5, 5.41) is 12.4. The van der Waals surface area contributed by atoms with Crippen molar-refractivity contribution >= 4 is 0 Å². The first-order valence-corrected chi connectivity index (χ1v) is 5.76. The molecule has 1 aliphatic heterocycles. The molecular formula is C11H17N5O. The molecule has 1 unspecified atom stereocenters. The second-order valence-corrected chi connectivity index (χ2v) is 4.54. The fourth-order valence-electron chi connectivity index (χ4n) is 2.05. The zero-order chi connectivity index (χ0) is 12.3. The van der Waals surface area contributed by atoms with Gasteiger partial charge < -0.3 is 14.3 Å². The van der Waals surface area contributed by atoms with E-state index in [1.165, 1.54) is 0 Å². The molecule has 0 radical (unpaired) electrons. The van der Waals surface area contributed by atoms with Crippen LogP contribution in [0.3, 0.4) is 0 Å². The first-order chi connectivity index (χ1) is 8.19. The Labute approximate surface area is 101 Å². The molecule has 1 fully saturated rings. The van der Waals surface area contributed by atoms with Crippen molar-refractivity contribution in [3.63, 3.8) is 0 Å². The van der Waals surface area contributed by atoms with Crippen molar-refractivity contribution < 1.29 is 4.52 Å². The monoisotopic (exact) mass is 235 g/mol. The Hall–Kier alpha value is -1.45. The summed E-state index contributed by atoms with van der Waals surface area (Å²) in [6, 6.07) is 2.42. The lowest BCUT2D eigenvalue weighted by molar-refractivity contribution is 0.113. The van der Waals surface area contributed by atoms with Crippen molar-refractivity contribution in [2.24, 2.45) is 0 Å². The average molecular weight is 235 g/mol. The Morgan fingerprint density at radius 2 is 2.29 bits per heavy atom. The van der Waals surface area contributed by atoms with Gasteiger partial charge in [-0.05, 0) is 14.1 Å². The molecule has 2 heterocycles. The van der Waals surface area contributed by atoms with E-state index in [1.807, 2.05) is 6.07 Å². The maximum Gasteiger partial charge on any atom is 0.240 e. The normalized spacial score (nSPS) is 22.5. The Balaban J connectivity index is 1.96. The minimum Gasteiger partial charge on any atom is -0.338 e. The molecule has 1 aromatic rings. The summed E-state index contributed by atoms with van der Waals surface area (Å²) in [5.41, 5.74) is 0. The smallest absolute Gasteiger partial charge is 0.240 e. The summed E-state index contributed by atoms with van der Waals surface area (Å²) in [5.74, 6) is 1.11. The molecular weight excluding hydrogens is 218 g/mol. The van der Waals surface area contributed by atoms with Crippen LogP contribution in [0.25, 0.3) is 0 Å². The van der Waals surface area contributed by atoms with E-state index in [0.29, 0.717) is 17.8 Å². The van der Waals surface area contributed by atoms with Gasteiger partial charge in [0.15, 0.2) is 5.82 Å². The third-order valence-electron chi connectivity index (χ3n) is 3.14. The van der Waals surface area contributed by atoms with Gasteiger partial charge in [0, 0.05) is 32.1 Å². The molecule has 92 valence electrons. The van der Waals surface area contributed by atoms with Gasteiger partial charge in [-0.25, -0.2) is 0 Å². The first kappa shape index (κ1) is 12.0. The van der Waals surface area contributed by atoms with Gasteiger partial charge in [0.2, 0.25) is 5.89 Å². The molecule has 0 bridgehead atoms. The number of nitrogens with zero attached hydrogens (tertiary/aromatic N) is 5. The highest BCUT2D eigenvalue weighted by atomic mass is 16.5. The topological polar surface area (TPSA) is 69.2 Å². The Morgan fingerprint density at radius 1 is 1.47 bits per heavy atom. The van der Waals surface area contributed by atoms with E-state index in [0.717, 1.165) is 26.1 Å². The lowest BCUT2D eigenvalue weighted by Gasteiger charge is -2.37. The Bertz CT molecular complexity index is 410. The van der Waals surface area contributed by atoms with Crippen LogP contribution in [0, 0.1) is 11.3 Å². The number of rotatable bonds is 3. The highest BCUT2D eigenvalue weighted by molar-refractivity contribution is 4.96. The SMILES string of the molecule is CN1CCN(C)C(Cc2noc(CC#N)n2)C1. The summed E-state index contributed by atoms with van der Waals surface area (Å²) in [6.45, 7) is 3.17. The fraction of sp³-hybridized carbons (Fsp3) is 0.727. The van der Waals surface area contributed by atoms with Gasteiger partial charge in [0.25, 0.3) is 0 Å². The van der Waals surface area contributed by atoms with Crippen LogP contribution in [0.2, 0.25) is 0 Å². The zero-order valence-corrected chi connectivity index (χ0v) is 10.3. The molecule has 1 atom stereocenters. The Morgan fingerprint density at radius 3 is 3.06 bits per heavy atom. The van der Waals surface area contributed by atoms with E-state index < -0.39 is 0 Å². The summed E-state index contributed by atoms with van der Waals surface area (Å²) in [7, 11) is 4.24. The third-order valence-corrected chi connectivity index (χ3v) is 3.14. The largest absolute Gasteiger partial charge is 0.338 e. The lowest BCUT2D eigenvalue weighted by Crippen LogP contribution is -2.50. The molecule has 1 aromatic heterocycles. The number of likely N-dealkylation sites (N-methyl/N-ethyl adjacent to an activating group) is 2. The molecule has 6 heteroatoms. The van der Waals surface area contributed by atoms with Gasteiger partial charge in [-0.15, -0.1) is 0 Å². The van der Waals surface area contributed by atoms with Gasteiger partial charge in [-0.1, -0.05) is 5.16 Å². The van der Waals surface area contributed by atoms with Crippen LogP contribution in [0.1, 0.15) is 11.7 Å². The zero-order valence-electron chi connectivity index (χ0n) is 10.3. The highest BCUT2D eigenvalue weighted by Crippen LogP contribution is 2.11. The molecule has 17 heavy (non-hydrogen) atoms. The first-order valence-electron chi connectivity index (χ1n) is 5.76. The Kier molecular flexibility index (Phi) is 3.71. The molecule has 0 aliphatic carbocycles. The molecule has 0 saturated carbocycles. The van der Waals surface area contributed by atoms with E-state index in [4.69, 9.17) is 9.78 Å². The predicted molar refractivity (Wildman–Crippen MR) is 61.2 cm³/mol. The van der Waals surface area contributed by atoms with Crippen LogP contribution in [0.4, 0.5) is 0 Å². The van der Waals surface area contributed by atoms with Gasteiger partial charge in [-0.3, -0.25) is 0 Å². The van der Waals surface area contributed by atoms with Crippen LogP contribution < -0.4 is 0 Å².